The second kappa shape index (κ2) is 8.60. The first kappa shape index (κ1) is 18.8. The van der Waals surface area contributed by atoms with Crippen molar-refractivity contribution in [3.63, 3.8) is 0 Å². The minimum atomic E-state index is -0.436. The highest BCUT2D eigenvalue weighted by molar-refractivity contribution is 9.10. The number of nitro groups is 1. The molecule has 0 saturated carbocycles. The molecule has 5 nitrogen and oxygen atoms in total. The van der Waals surface area contributed by atoms with Crippen molar-refractivity contribution in [2.75, 3.05) is 5.32 Å². The van der Waals surface area contributed by atoms with Crippen LogP contribution < -0.4 is 5.32 Å². The number of halogens is 1. The summed E-state index contributed by atoms with van der Waals surface area (Å²) in [4.78, 5) is 23.1. The van der Waals surface area contributed by atoms with Crippen molar-refractivity contribution in [2.24, 2.45) is 0 Å². The number of nitrogens with one attached hydrogen (secondary N) is 1. The molecule has 136 valence electrons. The Bertz CT molecular complexity index is 926. The summed E-state index contributed by atoms with van der Waals surface area (Å²) in [5.41, 5.74) is 2.36. The lowest BCUT2D eigenvalue weighted by Gasteiger charge is -2.20. The van der Waals surface area contributed by atoms with Crippen LogP contribution in [0.15, 0.2) is 83.3 Å². The third-order valence-corrected chi connectivity index (χ3v) is 4.71. The van der Waals surface area contributed by atoms with Crippen LogP contribution in [0.4, 0.5) is 11.4 Å². The molecular weight excluding hydrogens is 408 g/mol. The van der Waals surface area contributed by atoms with Gasteiger partial charge in [0.05, 0.1) is 11.0 Å². The molecule has 0 spiro atoms. The molecule has 3 aromatic rings. The van der Waals surface area contributed by atoms with E-state index in [2.05, 4.69) is 21.2 Å². The average molecular weight is 425 g/mol. The summed E-state index contributed by atoms with van der Waals surface area (Å²) >= 11 is 3.42. The fourth-order valence-electron chi connectivity index (χ4n) is 2.76. The largest absolute Gasteiger partial charge is 0.378 e. The number of carbonyl (C=O) groups excluding carboxylic acids is 1. The summed E-state index contributed by atoms with van der Waals surface area (Å²) in [5, 5.41) is 14.1. The van der Waals surface area contributed by atoms with Crippen molar-refractivity contribution < 1.29 is 9.72 Å². The van der Waals surface area contributed by atoms with Crippen LogP contribution in [0.5, 0.6) is 0 Å². The van der Waals surface area contributed by atoms with Gasteiger partial charge >= 0.3 is 0 Å². The lowest BCUT2D eigenvalue weighted by atomic mass is 9.97. The Labute approximate surface area is 165 Å². The molecule has 0 radical (unpaired) electrons. The number of non-ortho nitro benzene ring substituents is 1. The smallest absolute Gasteiger partial charge is 0.269 e. The first-order valence-corrected chi connectivity index (χ1v) is 9.17. The van der Waals surface area contributed by atoms with Crippen LogP contribution in [-0.2, 0) is 0 Å². The molecule has 1 unspecified atom stereocenters. The number of hydrogen-bond acceptors (Lipinski definition) is 4. The van der Waals surface area contributed by atoms with Crippen molar-refractivity contribution in [3.05, 3.63) is 105 Å². The van der Waals surface area contributed by atoms with Gasteiger partial charge in [-0.1, -0.05) is 58.4 Å². The molecule has 3 aromatic carbocycles. The molecule has 0 aromatic heterocycles. The molecule has 0 bridgehead atoms. The second-order valence-corrected chi connectivity index (χ2v) is 6.96. The molecule has 27 heavy (non-hydrogen) atoms. The highest BCUT2D eigenvalue weighted by Crippen LogP contribution is 2.27. The van der Waals surface area contributed by atoms with Gasteiger partial charge in [-0.2, -0.15) is 0 Å². The number of nitro benzene ring substituents is 1. The van der Waals surface area contributed by atoms with Crippen molar-refractivity contribution >= 4 is 33.1 Å². The summed E-state index contributed by atoms with van der Waals surface area (Å²) in [5.74, 6) is 0.0259. The predicted octanol–water partition coefficient (Wildman–Crippen LogP) is 5.78. The first-order valence-electron chi connectivity index (χ1n) is 8.37. The van der Waals surface area contributed by atoms with Crippen LogP contribution in [0.2, 0.25) is 0 Å². The maximum Gasteiger partial charge on any atom is 0.269 e. The van der Waals surface area contributed by atoms with Crippen LogP contribution in [0.3, 0.4) is 0 Å². The molecule has 1 atom stereocenters. The van der Waals surface area contributed by atoms with Gasteiger partial charge in [0.1, 0.15) is 0 Å². The lowest BCUT2D eigenvalue weighted by molar-refractivity contribution is -0.384. The van der Waals surface area contributed by atoms with E-state index in [-0.39, 0.29) is 23.9 Å². The molecule has 1 N–H and O–H groups in total. The number of hydrogen-bond donors (Lipinski definition) is 1. The number of Topliss-reactive ketones (excluding diaryl/α,β-unsaturated/α-hetero) is 1. The fourth-order valence-corrected chi connectivity index (χ4v) is 3.02. The van der Waals surface area contributed by atoms with E-state index in [0.29, 0.717) is 5.56 Å². The van der Waals surface area contributed by atoms with Crippen LogP contribution in [0.1, 0.15) is 28.4 Å². The molecular formula is C21H17BrN2O3. The zero-order valence-corrected chi connectivity index (χ0v) is 15.9. The van der Waals surface area contributed by atoms with E-state index in [1.807, 2.05) is 42.5 Å². The zero-order valence-electron chi connectivity index (χ0n) is 14.3. The predicted molar refractivity (Wildman–Crippen MR) is 109 cm³/mol. The van der Waals surface area contributed by atoms with E-state index in [9.17, 15) is 14.9 Å². The molecule has 0 heterocycles. The van der Waals surface area contributed by atoms with E-state index < -0.39 is 4.92 Å². The lowest BCUT2D eigenvalue weighted by Crippen LogP contribution is -2.15. The van der Waals surface area contributed by atoms with E-state index in [0.717, 1.165) is 15.7 Å². The minimum absolute atomic E-state index is 0.0259. The van der Waals surface area contributed by atoms with Gasteiger partial charge in [0.15, 0.2) is 5.78 Å². The zero-order chi connectivity index (χ0) is 19.2. The Hall–Kier alpha value is -2.99. The van der Waals surface area contributed by atoms with Gasteiger partial charge in [0, 0.05) is 34.3 Å². The Kier molecular flexibility index (Phi) is 5.98. The van der Waals surface area contributed by atoms with Gasteiger partial charge in [0.2, 0.25) is 0 Å². The maximum atomic E-state index is 12.7. The van der Waals surface area contributed by atoms with Crippen molar-refractivity contribution in [2.45, 2.75) is 12.5 Å². The number of rotatable bonds is 7. The molecule has 0 amide bonds. The topological polar surface area (TPSA) is 72.2 Å². The second-order valence-electron chi connectivity index (χ2n) is 6.05. The van der Waals surface area contributed by atoms with Crippen LogP contribution in [-0.4, -0.2) is 10.7 Å². The van der Waals surface area contributed by atoms with Crippen molar-refractivity contribution in [1.29, 1.82) is 0 Å². The monoisotopic (exact) mass is 424 g/mol. The normalized spacial score (nSPS) is 11.6. The Morgan fingerprint density at radius 1 is 0.963 bits per heavy atom. The van der Waals surface area contributed by atoms with Gasteiger partial charge in [-0.25, -0.2) is 0 Å². The molecule has 0 aliphatic heterocycles. The van der Waals surface area contributed by atoms with Crippen molar-refractivity contribution in [1.82, 2.24) is 0 Å². The van der Waals surface area contributed by atoms with E-state index in [4.69, 9.17) is 0 Å². The highest BCUT2D eigenvalue weighted by Gasteiger charge is 2.18. The van der Waals surface area contributed by atoms with Gasteiger partial charge in [-0.3, -0.25) is 14.9 Å². The van der Waals surface area contributed by atoms with Crippen LogP contribution >= 0.6 is 15.9 Å². The molecule has 0 aliphatic rings. The number of ketones is 1. The summed E-state index contributed by atoms with van der Waals surface area (Å²) in [6.07, 6.45) is 0.267. The molecule has 0 saturated heterocycles. The molecule has 3 rings (SSSR count). The molecule has 0 aliphatic carbocycles. The molecule has 6 heteroatoms. The Balaban J connectivity index is 1.84. The van der Waals surface area contributed by atoms with Crippen molar-refractivity contribution in [3.8, 4) is 0 Å². The Morgan fingerprint density at radius 3 is 2.19 bits per heavy atom. The maximum absolute atomic E-state index is 12.7. The molecule has 0 fully saturated rings. The quantitative estimate of drug-likeness (QED) is 0.296. The van der Waals surface area contributed by atoms with Gasteiger partial charge in [0.25, 0.3) is 5.69 Å². The van der Waals surface area contributed by atoms with Gasteiger partial charge in [-0.05, 0) is 29.8 Å². The van der Waals surface area contributed by atoms with Gasteiger partial charge < -0.3 is 5.32 Å². The highest BCUT2D eigenvalue weighted by atomic mass is 79.9. The minimum Gasteiger partial charge on any atom is -0.378 e. The van der Waals surface area contributed by atoms with E-state index in [1.54, 1.807) is 24.3 Å². The standard InChI is InChI=1S/C21H17BrN2O3/c22-17-8-6-15(7-9-17)20(14-21(25)16-4-2-1-3-5-16)23-18-10-12-19(13-11-18)24(26)27/h1-13,20,23H,14H2. The third kappa shape index (κ3) is 5.01. The van der Waals surface area contributed by atoms with E-state index >= 15 is 0 Å². The summed E-state index contributed by atoms with van der Waals surface area (Å²) in [6, 6.07) is 22.8. The van der Waals surface area contributed by atoms with Crippen LogP contribution in [0.25, 0.3) is 0 Å². The number of benzene rings is 3. The number of carbonyl (C=O) groups is 1. The fraction of sp³-hybridized carbons (Fsp3) is 0.0952. The van der Waals surface area contributed by atoms with E-state index in [1.165, 1.54) is 12.1 Å². The number of anilines is 1. The summed E-state index contributed by atoms with van der Waals surface area (Å²) < 4.78 is 0.953. The summed E-state index contributed by atoms with van der Waals surface area (Å²) in [7, 11) is 0. The Morgan fingerprint density at radius 2 is 1.59 bits per heavy atom. The third-order valence-electron chi connectivity index (χ3n) is 4.18. The summed E-state index contributed by atoms with van der Waals surface area (Å²) in [6.45, 7) is 0. The van der Waals surface area contributed by atoms with Crippen LogP contribution in [0, 0.1) is 10.1 Å². The number of nitrogens with zero attached hydrogens (tertiary/aromatic N) is 1. The average Bonchev–Trinajstić information content (AvgIpc) is 2.69. The first-order chi connectivity index (χ1) is 13.0. The SMILES string of the molecule is O=C(CC(Nc1ccc([N+](=O)[O-])cc1)c1ccc(Br)cc1)c1ccccc1. The van der Waals surface area contributed by atoms with Gasteiger partial charge in [-0.15, -0.1) is 0 Å².